The summed E-state index contributed by atoms with van der Waals surface area (Å²) in [6.45, 7) is 3.64. The van der Waals surface area contributed by atoms with Crippen LogP contribution in [0, 0.1) is 0 Å². The lowest BCUT2D eigenvalue weighted by molar-refractivity contribution is 0.0913. The van der Waals surface area contributed by atoms with Crippen molar-refractivity contribution in [3.05, 3.63) is 33.8 Å². The average molecular weight is 224 g/mol. The van der Waals surface area contributed by atoms with Crippen molar-refractivity contribution in [3.63, 3.8) is 0 Å². The zero-order valence-electron chi connectivity index (χ0n) is 8.55. The van der Waals surface area contributed by atoms with Gasteiger partial charge in [-0.1, -0.05) is 11.6 Å². The summed E-state index contributed by atoms with van der Waals surface area (Å²) in [5, 5.41) is 4.30. The fourth-order valence-corrected chi connectivity index (χ4v) is 2.91. The molecule has 2 heterocycles. The van der Waals surface area contributed by atoms with Gasteiger partial charge in [0.05, 0.1) is 13.2 Å². The SMILES string of the molecule is Clc1cc2c3c(c1)COCC3CNCC2. The smallest absolute Gasteiger partial charge is 0.0720 e. The predicted octanol–water partition coefficient (Wildman–Crippen LogP) is 2.10. The van der Waals surface area contributed by atoms with E-state index in [9.17, 15) is 0 Å². The van der Waals surface area contributed by atoms with E-state index in [0.29, 0.717) is 5.92 Å². The topological polar surface area (TPSA) is 21.3 Å². The van der Waals surface area contributed by atoms with Crippen molar-refractivity contribution in [1.29, 1.82) is 0 Å². The van der Waals surface area contributed by atoms with Crippen molar-refractivity contribution in [2.45, 2.75) is 18.9 Å². The summed E-state index contributed by atoms with van der Waals surface area (Å²) < 4.78 is 5.60. The van der Waals surface area contributed by atoms with E-state index in [2.05, 4.69) is 17.4 Å². The van der Waals surface area contributed by atoms with E-state index in [1.54, 1.807) is 0 Å². The second-order valence-corrected chi connectivity index (χ2v) is 4.74. The second-order valence-electron chi connectivity index (χ2n) is 4.30. The maximum atomic E-state index is 6.11. The van der Waals surface area contributed by atoms with E-state index in [1.165, 1.54) is 16.7 Å². The summed E-state index contributed by atoms with van der Waals surface area (Å²) in [6.07, 6.45) is 1.08. The fraction of sp³-hybridized carbons (Fsp3) is 0.500. The highest BCUT2D eigenvalue weighted by atomic mass is 35.5. The Morgan fingerprint density at radius 3 is 3.13 bits per heavy atom. The first-order chi connectivity index (χ1) is 7.34. The van der Waals surface area contributed by atoms with Gasteiger partial charge in [0.2, 0.25) is 0 Å². The molecule has 0 amide bonds. The fourth-order valence-electron chi connectivity index (χ4n) is 2.64. The summed E-state index contributed by atoms with van der Waals surface area (Å²) >= 11 is 6.11. The van der Waals surface area contributed by atoms with Crippen molar-refractivity contribution in [2.75, 3.05) is 19.7 Å². The molecule has 2 nitrogen and oxygen atoms in total. The van der Waals surface area contributed by atoms with Crippen LogP contribution in [0.2, 0.25) is 5.02 Å². The molecule has 80 valence electrons. The lowest BCUT2D eigenvalue weighted by Crippen LogP contribution is -2.26. The lowest BCUT2D eigenvalue weighted by Gasteiger charge is -2.26. The van der Waals surface area contributed by atoms with Crippen LogP contribution >= 0.6 is 11.6 Å². The molecule has 1 unspecified atom stereocenters. The minimum Gasteiger partial charge on any atom is -0.376 e. The minimum absolute atomic E-state index is 0.517. The number of benzene rings is 1. The van der Waals surface area contributed by atoms with Gasteiger partial charge in [-0.3, -0.25) is 0 Å². The Labute approximate surface area is 94.6 Å². The number of ether oxygens (including phenoxy) is 1. The number of nitrogens with one attached hydrogen (secondary N) is 1. The third-order valence-corrected chi connectivity index (χ3v) is 3.48. The molecule has 2 aliphatic rings. The minimum atomic E-state index is 0.517. The van der Waals surface area contributed by atoms with Gasteiger partial charge in [0, 0.05) is 17.5 Å². The van der Waals surface area contributed by atoms with Gasteiger partial charge < -0.3 is 10.1 Å². The Kier molecular flexibility index (Phi) is 2.43. The summed E-state index contributed by atoms with van der Waals surface area (Å²) in [6, 6.07) is 4.17. The molecule has 0 radical (unpaired) electrons. The van der Waals surface area contributed by atoms with Gasteiger partial charge in [0.1, 0.15) is 0 Å². The Hall–Kier alpha value is -0.570. The van der Waals surface area contributed by atoms with Crippen LogP contribution in [0.4, 0.5) is 0 Å². The first-order valence-corrected chi connectivity index (χ1v) is 5.82. The molecule has 0 aromatic heterocycles. The number of halogens is 1. The van der Waals surface area contributed by atoms with Crippen LogP contribution in [0.25, 0.3) is 0 Å². The first-order valence-electron chi connectivity index (χ1n) is 5.44. The molecule has 1 N–H and O–H groups in total. The molecule has 1 aromatic carbocycles. The number of hydrogen-bond acceptors (Lipinski definition) is 2. The second kappa shape index (κ2) is 3.78. The third kappa shape index (κ3) is 1.67. The van der Waals surface area contributed by atoms with Gasteiger partial charge in [0.25, 0.3) is 0 Å². The van der Waals surface area contributed by atoms with Crippen LogP contribution < -0.4 is 5.32 Å². The van der Waals surface area contributed by atoms with Crippen LogP contribution in [-0.2, 0) is 17.8 Å². The lowest BCUT2D eigenvalue weighted by atomic mass is 9.88. The van der Waals surface area contributed by atoms with Gasteiger partial charge in [-0.25, -0.2) is 0 Å². The van der Waals surface area contributed by atoms with Crippen molar-refractivity contribution < 1.29 is 4.74 Å². The Morgan fingerprint density at radius 1 is 1.33 bits per heavy atom. The summed E-state index contributed by atoms with van der Waals surface area (Å²) in [4.78, 5) is 0. The molecule has 3 heteroatoms. The van der Waals surface area contributed by atoms with Gasteiger partial charge in [-0.05, 0) is 41.8 Å². The standard InChI is InChI=1S/C12H14ClNO/c13-11-3-8-1-2-14-5-10-7-15-6-9(4-11)12(8)10/h3-4,10,14H,1-2,5-7H2. The number of hydrogen-bond donors (Lipinski definition) is 1. The molecule has 0 spiro atoms. The third-order valence-electron chi connectivity index (χ3n) is 3.26. The van der Waals surface area contributed by atoms with Crippen LogP contribution in [0.1, 0.15) is 22.6 Å². The van der Waals surface area contributed by atoms with E-state index < -0.39 is 0 Å². The highest BCUT2D eigenvalue weighted by Crippen LogP contribution is 2.33. The zero-order chi connectivity index (χ0) is 10.3. The molecule has 15 heavy (non-hydrogen) atoms. The van der Waals surface area contributed by atoms with E-state index in [4.69, 9.17) is 16.3 Å². The van der Waals surface area contributed by atoms with Crippen molar-refractivity contribution in [2.24, 2.45) is 0 Å². The molecular formula is C12H14ClNO. The quantitative estimate of drug-likeness (QED) is 0.728. The van der Waals surface area contributed by atoms with Gasteiger partial charge >= 0.3 is 0 Å². The van der Waals surface area contributed by atoms with Gasteiger partial charge in [0.15, 0.2) is 0 Å². The Bertz CT molecular complexity index is 391. The molecule has 0 bridgehead atoms. The average Bonchev–Trinajstić information content (AvgIpc) is 2.42. The molecule has 0 fully saturated rings. The van der Waals surface area contributed by atoms with Gasteiger partial charge in [-0.15, -0.1) is 0 Å². The molecule has 0 saturated carbocycles. The normalized spacial score (nSPS) is 24.5. The molecular weight excluding hydrogens is 210 g/mol. The molecule has 1 aromatic rings. The molecule has 0 aliphatic carbocycles. The molecule has 1 atom stereocenters. The summed E-state index contributed by atoms with van der Waals surface area (Å²) in [5.74, 6) is 0.517. The Balaban J connectivity index is 2.16. The van der Waals surface area contributed by atoms with Gasteiger partial charge in [-0.2, -0.15) is 0 Å². The molecule has 2 aliphatic heterocycles. The maximum absolute atomic E-state index is 6.11. The van der Waals surface area contributed by atoms with E-state index in [0.717, 1.165) is 37.7 Å². The van der Waals surface area contributed by atoms with E-state index in [1.807, 2.05) is 0 Å². The van der Waals surface area contributed by atoms with Crippen LogP contribution in [0.15, 0.2) is 12.1 Å². The summed E-state index contributed by atoms with van der Waals surface area (Å²) in [5.41, 5.74) is 4.20. The van der Waals surface area contributed by atoms with Crippen molar-refractivity contribution in [3.8, 4) is 0 Å². The van der Waals surface area contributed by atoms with Crippen LogP contribution in [-0.4, -0.2) is 19.7 Å². The highest BCUT2D eigenvalue weighted by molar-refractivity contribution is 6.30. The molecule has 3 rings (SSSR count). The van der Waals surface area contributed by atoms with Crippen LogP contribution in [0.3, 0.4) is 0 Å². The summed E-state index contributed by atoms with van der Waals surface area (Å²) in [7, 11) is 0. The number of rotatable bonds is 0. The van der Waals surface area contributed by atoms with Crippen molar-refractivity contribution in [1.82, 2.24) is 5.32 Å². The predicted molar refractivity (Wildman–Crippen MR) is 60.4 cm³/mol. The molecule has 0 saturated heterocycles. The largest absolute Gasteiger partial charge is 0.376 e. The maximum Gasteiger partial charge on any atom is 0.0720 e. The van der Waals surface area contributed by atoms with E-state index >= 15 is 0 Å². The highest BCUT2D eigenvalue weighted by Gasteiger charge is 2.25. The monoisotopic (exact) mass is 223 g/mol. The zero-order valence-corrected chi connectivity index (χ0v) is 9.31. The van der Waals surface area contributed by atoms with E-state index in [-0.39, 0.29) is 0 Å². The van der Waals surface area contributed by atoms with Crippen LogP contribution in [0.5, 0.6) is 0 Å². The Morgan fingerprint density at radius 2 is 2.20 bits per heavy atom. The van der Waals surface area contributed by atoms with Crippen molar-refractivity contribution >= 4 is 11.6 Å². The first kappa shape index (κ1) is 9.64.